The van der Waals surface area contributed by atoms with Crippen LogP contribution in [0.4, 0.5) is 0 Å². The molecule has 14 heavy (non-hydrogen) atoms. The zero-order valence-corrected chi connectivity index (χ0v) is 7.76. The van der Waals surface area contributed by atoms with Crippen molar-refractivity contribution in [2.24, 2.45) is 5.92 Å². The molecule has 0 spiro atoms. The first-order valence-electron chi connectivity index (χ1n) is 3.74. The molecular weight excluding hydrogens is 196 g/mol. The third-order valence-electron chi connectivity index (χ3n) is 1.70. The van der Waals surface area contributed by atoms with E-state index in [2.05, 4.69) is 9.78 Å². The van der Waals surface area contributed by atoms with Crippen LogP contribution in [0.25, 0.3) is 0 Å². The van der Waals surface area contributed by atoms with Gasteiger partial charge in [0, 0.05) is 0 Å². The molecule has 7 heteroatoms. The predicted molar refractivity (Wildman–Crippen MR) is 41.8 cm³/mol. The fourth-order valence-electron chi connectivity index (χ4n) is 0.889. The van der Waals surface area contributed by atoms with Gasteiger partial charge in [-0.25, -0.2) is 9.59 Å². The lowest BCUT2D eigenvalue weighted by Crippen LogP contribution is -2.39. The molecule has 7 nitrogen and oxygen atoms in total. The highest BCUT2D eigenvalue weighted by molar-refractivity contribution is 5.80. The molecule has 1 unspecified atom stereocenters. The topological polar surface area (TPSA) is 113 Å². The molecule has 0 fully saturated rings. The van der Waals surface area contributed by atoms with Crippen molar-refractivity contribution in [2.75, 3.05) is 0 Å². The third kappa shape index (κ3) is 3.69. The number of hydrogen-bond donors (Lipinski definition) is 3. The van der Waals surface area contributed by atoms with Crippen molar-refractivity contribution < 1.29 is 35.0 Å². The van der Waals surface area contributed by atoms with Gasteiger partial charge in [-0.1, -0.05) is 0 Å². The summed E-state index contributed by atoms with van der Waals surface area (Å²) in [5.41, 5.74) is -1.58. The molecule has 0 amide bonds. The molecule has 0 heterocycles. The number of carbonyl (C=O) groups excluding carboxylic acids is 2. The van der Waals surface area contributed by atoms with E-state index in [1.807, 2.05) is 0 Å². The third-order valence-corrected chi connectivity index (χ3v) is 1.70. The average molecular weight is 208 g/mol. The molecule has 1 atom stereocenters. The summed E-state index contributed by atoms with van der Waals surface area (Å²) in [6.45, 7) is 2.50. The van der Waals surface area contributed by atoms with Crippen molar-refractivity contribution in [3.63, 3.8) is 0 Å². The molecule has 3 N–H and O–H groups in total. The Hall–Kier alpha value is -1.18. The van der Waals surface area contributed by atoms with Crippen LogP contribution >= 0.6 is 0 Å². The SMILES string of the molecule is CC(C)(O)C(CC(=O)OO)C(=O)OO. The van der Waals surface area contributed by atoms with E-state index in [-0.39, 0.29) is 0 Å². The lowest BCUT2D eigenvalue weighted by Gasteiger charge is -2.24. The number of hydrogen-bond acceptors (Lipinski definition) is 7. The van der Waals surface area contributed by atoms with Crippen LogP contribution in [0.15, 0.2) is 0 Å². The standard InChI is InChI=1S/C7H12O7/c1-7(2,10)4(6(9)14-12)3-5(8)13-11/h4,10-12H,3H2,1-2H3. The van der Waals surface area contributed by atoms with Gasteiger partial charge in [-0.05, 0) is 13.8 Å². The van der Waals surface area contributed by atoms with Crippen LogP contribution in [0.3, 0.4) is 0 Å². The fourth-order valence-corrected chi connectivity index (χ4v) is 0.889. The summed E-state index contributed by atoms with van der Waals surface area (Å²) < 4.78 is 0. The second-order valence-electron chi connectivity index (χ2n) is 3.28. The van der Waals surface area contributed by atoms with E-state index in [1.54, 1.807) is 0 Å². The van der Waals surface area contributed by atoms with E-state index < -0.39 is 29.9 Å². The van der Waals surface area contributed by atoms with Gasteiger partial charge < -0.3 is 14.9 Å². The van der Waals surface area contributed by atoms with Gasteiger partial charge in [-0.15, -0.1) is 0 Å². The minimum Gasteiger partial charge on any atom is -0.390 e. The Balaban J connectivity index is 4.58. The molecule has 82 valence electrons. The minimum atomic E-state index is -1.58. The highest BCUT2D eigenvalue weighted by atomic mass is 17.1. The quantitative estimate of drug-likeness (QED) is 0.433. The number of carbonyl (C=O) groups is 2. The first-order chi connectivity index (χ1) is 6.32. The lowest BCUT2D eigenvalue weighted by molar-refractivity contribution is -0.250. The van der Waals surface area contributed by atoms with Crippen LogP contribution in [-0.4, -0.2) is 33.2 Å². The molecule has 0 aliphatic rings. The lowest BCUT2D eigenvalue weighted by atomic mass is 9.88. The number of rotatable bonds is 4. The van der Waals surface area contributed by atoms with Gasteiger partial charge in [0.05, 0.1) is 17.9 Å². The molecule has 0 aromatic rings. The summed E-state index contributed by atoms with van der Waals surface area (Å²) in [6, 6.07) is 0. The summed E-state index contributed by atoms with van der Waals surface area (Å²) in [5.74, 6) is -3.60. The summed E-state index contributed by atoms with van der Waals surface area (Å²) in [6.07, 6.45) is -0.598. The van der Waals surface area contributed by atoms with Crippen molar-refractivity contribution in [3.8, 4) is 0 Å². The molecule has 0 saturated heterocycles. The van der Waals surface area contributed by atoms with E-state index in [0.717, 1.165) is 0 Å². The predicted octanol–water partition coefficient (Wildman–Crippen LogP) is -0.204. The first kappa shape index (κ1) is 12.8. The van der Waals surface area contributed by atoms with Gasteiger partial charge >= 0.3 is 11.9 Å². The Morgan fingerprint density at radius 1 is 1.29 bits per heavy atom. The summed E-state index contributed by atoms with van der Waals surface area (Å²) in [4.78, 5) is 28.2. The Morgan fingerprint density at radius 2 is 1.79 bits per heavy atom. The maximum atomic E-state index is 10.9. The number of aliphatic hydroxyl groups is 1. The molecule has 0 bridgehead atoms. The highest BCUT2D eigenvalue weighted by Gasteiger charge is 2.37. The molecule has 0 radical (unpaired) electrons. The molecule has 0 aliphatic heterocycles. The van der Waals surface area contributed by atoms with Crippen molar-refractivity contribution >= 4 is 11.9 Å². The largest absolute Gasteiger partial charge is 0.390 e. The maximum absolute atomic E-state index is 10.9. The van der Waals surface area contributed by atoms with E-state index >= 15 is 0 Å². The van der Waals surface area contributed by atoms with Gasteiger partial charge in [-0.3, -0.25) is 0 Å². The zero-order chi connectivity index (χ0) is 11.4. The van der Waals surface area contributed by atoms with Gasteiger partial charge in [0.25, 0.3) is 0 Å². The Kier molecular flexibility index (Phi) is 4.48. The van der Waals surface area contributed by atoms with Crippen LogP contribution in [0.5, 0.6) is 0 Å². The Labute approximate surface area is 79.7 Å². The second kappa shape index (κ2) is 4.89. The monoisotopic (exact) mass is 208 g/mol. The fraction of sp³-hybridized carbons (Fsp3) is 0.714. The smallest absolute Gasteiger partial charge is 0.348 e. The van der Waals surface area contributed by atoms with Crippen molar-refractivity contribution in [1.29, 1.82) is 0 Å². The Morgan fingerprint density at radius 3 is 2.07 bits per heavy atom. The summed E-state index contributed by atoms with van der Waals surface area (Å²) in [5, 5.41) is 25.5. The average Bonchev–Trinajstić information content (AvgIpc) is 2.10. The van der Waals surface area contributed by atoms with Gasteiger partial charge in [0.1, 0.15) is 0 Å². The molecule has 0 aromatic heterocycles. The Bertz CT molecular complexity index is 217. The van der Waals surface area contributed by atoms with Crippen molar-refractivity contribution in [1.82, 2.24) is 0 Å². The normalized spacial score (nSPS) is 13.2. The zero-order valence-electron chi connectivity index (χ0n) is 7.76. The van der Waals surface area contributed by atoms with Gasteiger partial charge in [0.15, 0.2) is 0 Å². The highest BCUT2D eigenvalue weighted by Crippen LogP contribution is 2.21. The molecule has 0 aliphatic carbocycles. The van der Waals surface area contributed by atoms with Crippen molar-refractivity contribution in [2.45, 2.75) is 25.9 Å². The van der Waals surface area contributed by atoms with E-state index in [1.165, 1.54) is 13.8 Å². The van der Waals surface area contributed by atoms with Gasteiger partial charge in [-0.2, -0.15) is 10.5 Å². The molecule has 0 saturated carbocycles. The maximum Gasteiger partial charge on any atom is 0.348 e. The second-order valence-corrected chi connectivity index (χ2v) is 3.28. The van der Waals surface area contributed by atoms with Crippen LogP contribution in [0.2, 0.25) is 0 Å². The van der Waals surface area contributed by atoms with Crippen LogP contribution < -0.4 is 0 Å². The molecule has 0 rings (SSSR count). The summed E-state index contributed by atoms with van der Waals surface area (Å²) in [7, 11) is 0. The first-order valence-corrected chi connectivity index (χ1v) is 3.74. The van der Waals surface area contributed by atoms with Gasteiger partial charge in [0.2, 0.25) is 0 Å². The molecular formula is C7H12O7. The summed E-state index contributed by atoms with van der Waals surface area (Å²) >= 11 is 0. The van der Waals surface area contributed by atoms with E-state index in [9.17, 15) is 14.7 Å². The molecule has 0 aromatic carbocycles. The van der Waals surface area contributed by atoms with E-state index in [0.29, 0.717) is 0 Å². The van der Waals surface area contributed by atoms with Crippen LogP contribution in [-0.2, 0) is 19.4 Å². The minimum absolute atomic E-state index is 0.598. The van der Waals surface area contributed by atoms with E-state index in [4.69, 9.17) is 10.5 Å². The van der Waals surface area contributed by atoms with Crippen LogP contribution in [0, 0.1) is 5.92 Å². The van der Waals surface area contributed by atoms with Crippen LogP contribution in [0.1, 0.15) is 20.3 Å². The van der Waals surface area contributed by atoms with Crippen molar-refractivity contribution in [3.05, 3.63) is 0 Å².